The molecule has 0 saturated heterocycles. The third-order valence-corrected chi connectivity index (χ3v) is 2.03. The Labute approximate surface area is 97.3 Å². The van der Waals surface area contributed by atoms with Crippen molar-refractivity contribution in [1.29, 1.82) is 0 Å². The molecule has 0 radical (unpaired) electrons. The third-order valence-electron chi connectivity index (χ3n) is 2.03. The number of ether oxygens (including phenoxy) is 1. The Morgan fingerprint density at radius 3 is 2.41 bits per heavy atom. The van der Waals surface area contributed by atoms with Gasteiger partial charge in [-0.25, -0.2) is 5.06 Å². The van der Waals surface area contributed by atoms with Gasteiger partial charge in [-0.3, -0.25) is 20.1 Å². The number of benzene rings is 1. The highest BCUT2D eigenvalue weighted by Crippen LogP contribution is 2.18. The van der Waals surface area contributed by atoms with E-state index in [9.17, 15) is 14.9 Å². The summed E-state index contributed by atoms with van der Waals surface area (Å²) in [7, 11) is 1.19. The number of amides is 1. The fourth-order valence-electron chi connectivity index (χ4n) is 1.16. The van der Waals surface area contributed by atoms with Crippen LogP contribution in [0.5, 0.6) is 5.75 Å². The van der Waals surface area contributed by atoms with Gasteiger partial charge in [0.05, 0.1) is 4.92 Å². The van der Waals surface area contributed by atoms with Crippen molar-refractivity contribution in [2.24, 2.45) is 0 Å². The van der Waals surface area contributed by atoms with Gasteiger partial charge in [0.2, 0.25) is 0 Å². The molecule has 0 aliphatic carbocycles. The Morgan fingerprint density at radius 1 is 1.47 bits per heavy atom. The Kier molecular flexibility index (Phi) is 4.00. The molecule has 0 fully saturated rings. The average molecular weight is 240 g/mol. The lowest BCUT2D eigenvalue weighted by Gasteiger charge is -2.16. The molecule has 92 valence electrons. The molecule has 0 bridgehead atoms. The third kappa shape index (κ3) is 3.42. The molecule has 1 rings (SSSR count). The van der Waals surface area contributed by atoms with Gasteiger partial charge in [0.25, 0.3) is 11.6 Å². The lowest BCUT2D eigenvalue weighted by Crippen LogP contribution is -2.35. The summed E-state index contributed by atoms with van der Waals surface area (Å²) in [6, 6.07) is 5.32. The predicted molar refractivity (Wildman–Crippen MR) is 57.7 cm³/mol. The topological polar surface area (TPSA) is 92.9 Å². The molecule has 1 unspecified atom stereocenters. The van der Waals surface area contributed by atoms with Crippen molar-refractivity contribution < 1.29 is 19.7 Å². The van der Waals surface area contributed by atoms with E-state index in [1.54, 1.807) is 0 Å². The quantitative estimate of drug-likeness (QED) is 0.485. The maximum atomic E-state index is 11.3. The van der Waals surface area contributed by atoms with Crippen LogP contribution in [0.1, 0.15) is 6.92 Å². The first kappa shape index (κ1) is 12.9. The van der Waals surface area contributed by atoms with Gasteiger partial charge in [-0.2, -0.15) is 0 Å². The molecule has 17 heavy (non-hydrogen) atoms. The Hall–Kier alpha value is -2.15. The maximum Gasteiger partial charge on any atom is 0.286 e. The minimum Gasteiger partial charge on any atom is -0.481 e. The summed E-state index contributed by atoms with van der Waals surface area (Å²) in [5.41, 5.74) is -0.0596. The summed E-state index contributed by atoms with van der Waals surface area (Å²) in [6.45, 7) is 1.47. The van der Waals surface area contributed by atoms with Crippen LogP contribution in [-0.2, 0) is 4.79 Å². The van der Waals surface area contributed by atoms with Gasteiger partial charge in [0, 0.05) is 19.2 Å². The first-order valence-electron chi connectivity index (χ1n) is 4.79. The van der Waals surface area contributed by atoms with E-state index in [-0.39, 0.29) is 5.69 Å². The normalized spacial score (nSPS) is 11.7. The minimum atomic E-state index is -0.869. The van der Waals surface area contributed by atoms with Crippen molar-refractivity contribution in [2.45, 2.75) is 13.0 Å². The van der Waals surface area contributed by atoms with Crippen LogP contribution in [-0.4, -0.2) is 34.3 Å². The van der Waals surface area contributed by atoms with Crippen LogP contribution in [0.3, 0.4) is 0 Å². The van der Waals surface area contributed by atoms with Crippen molar-refractivity contribution in [1.82, 2.24) is 5.06 Å². The molecule has 1 N–H and O–H groups in total. The minimum absolute atomic E-state index is 0.0596. The lowest BCUT2D eigenvalue weighted by atomic mass is 10.3. The number of nitro benzene ring substituents is 1. The highest BCUT2D eigenvalue weighted by molar-refractivity contribution is 5.79. The zero-order valence-electron chi connectivity index (χ0n) is 9.36. The molecule has 1 aromatic rings. The van der Waals surface area contributed by atoms with Gasteiger partial charge in [0.15, 0.2) is 6.10 Å². The number of nitrogens with zero attached hydrogens (tertiary/aromatic N) is 2. The van der Waals surface area contributed by atoms with Crippen molar-refractivity contribution in [3.8, 4) is 5.75 Å². The molecular formula is C10H12N2O5. The molecule has 7 nitrogen and oxygen atoms in total. The SMILES string of the molecule is CC(Oc1ccc([N+](=O)[O-])cc1)C(=O)N(C)O. The maximum absolute atomic E-state index is 11.3. The van der Waals surface area contributed by atoms with E-state index >= 15 is 0 Å². The molecule has 1 atom stereocenters. The van der Waals surface area contributed by atoms with Gasteiger partial charge in [0.1, 0.15) is 5.75 Å². The zero-order valence-corrected chi connectivity index (χ0v) is 9.36. The van der Waals surface area contributed by atoms with Gasteiger partial charge in [-0.15, -0.1) is 0 Å². The van der Waals surface area contributed by atoms with Crippen LogP contribution < -0.4 is 4.74 Å². The van der Waals surface area contributed by atoms with Crippen LogP contribution in [0.25, 0.3) is 0 Å². The summed E-state index contributed by atoms with van der Waals surface area (Å²) in [5, 5.41) is 19.7. The number of hydrogen-bond acceptors (Lipinski definition) is 5. The Morgan fingerprint density at radius 2 is 2.00 bits per heavy atom. The average Bonchev–Trinajstić information content (AvgIpc) is 2.28. The summed E-state index contributed by atoms with van der Waals surface area (Å²) < 4.78 is 5.20. The van der Waals surface area contributed by atoms with E-state index in [1.807, 2.05) is 0 Å². The number of hydroxylamine groups is 2. The summed E-state index contributed by atoms with van der Waals surface area (Å²) in [6.07, 6.45) is -0.869. The summed E-state index contributed by atoms with van der Waals surface area (Å²) in [5.74, 6) is -0.290. The first-order valence-corrected chi connectivity index (χ1v) is 4.79. The molecule has 0 spiro atoms. The van der Waals surface area contributed by atoms with Crippen molar-refractivity contribution in [3.05, 3.63) is 34.4 Å². The second-order valence-corrected chi connectivity index (χ2v) is 3.37. The van der Waals surface area contributed by atoms with Crippen LogP contribution in [0.2, 0.25) is 0 Å². The fourth-order valence-corrected chi connectivity index (χ4v) is 1.16. The van der Waals surface area contributed by atoms with Gasteiger partial charge in [-0.05, 0) is 19.1 Å². The van der Waals surface area contributed by atoms with E-state index in [2.05, 4.69) is 0 Å². The van der Waals surface area contributed by atoms with Crippen molar-refractivity contribution in [3.63, 3.8) is 0 Å². The fraction of sp³-hybridized carbons (Fsp3) is 0.300. The van der Waals surface area contributed by atoms with E-state index in [4.69, 9.17) is 9.94 Å². The van der Waals surface area contributed by atoms with E-state index < -0.39 is 16.9 Å². The van der Waals surface area contributed by atoms with Gasteiger partial charge in [-0.1, -0.05) is 0 Å². The first-order chi connectivity index (χ1) is 7.91. The molecule has 1 aromatic carbocycles. The molecule has 0 aliphatic heterocycles. The van der Waals surface area contributed by atoms with Crippen LogP contribution in [0.15, 0.2) is 24.3 Å². The monoisotopic (exact) mass is 240 g/mol. The zero-order chi connectivity index (χ0) is 13.0. The van der Waals surface area contributed by atoms with Gasteiger partial charge >= 0.3 is 0 Å². The smallest absolute Gasteiger partial charge is 0.286 e. The predicted octanol–water partition coefficient (Wildman–Crippen LogP) is 1.21. The van der Waals surface area contributed by atoms with Crippen molar-refractivity contribution in [2.75, 3.05) is 7.05 Å². The summed E-state index contributed by atoms with van der Waals surface area (Å²) in [4.78, 5) is 21.1. The van der Waals surface area contributed by atoms with Crippen LogP contribution >= 0.6 is 0 Å². The van der Waals surface area contributed by atoms with Crippen LogP contribution in [0, 0.1) is 10.1 Å². The molecule has 0 saturated carbocycles. The Balaban J connectivity index is 2.69. The van der Waals surface area contributed by atoms with E-state index in [0.29, 0.717) is 10.8 Å². The highest BCUT2D eigenvalue weighted by atomic mass is 16.6. The van der Waals surface area contributed by atoms with Crippen molar-refractivity contribution >= 4 is 11.6 Å². The second-order valence-electron chi connectivity index (χ2n) is 3.37. The highest BCUT2D eigenvalue weighted by Gasteiger charge is 2.18. The number of hydrogen-bond donors (Lipinski definition) is 1. The number of nitro groups is 1. The molecule has 7 heteroatoms. The summed E-state index contributed by atoms with van der Waals surface area (Å²) >= 11 is 0. The lowest BCUT2D eigenvalue weighted by molar-refractivity contribution is -0.384. The molecular weight excluding hydrogens is 228 g/mol. The molecule has 1 amide bonds. The van der Waals surface area contributed by atoms with Crippen LogP contribution in [0.4, 0.5) is 5.69 Å². The second kappa shape index (κ2) is 5.26. The number of carbonyl (C=O) groups excluding carboxylic acids is 1. The molecule has 0 heterocycles. The Bertz CT molecular complexity index is 415. The van der Waals surface area contributed by atoms with Gasteiger partial charge < -0.3 is 4.74 Å². The van der Waals surface area contributed by atoms with E-state index in [0.717, 1.165) is 0 Å². The number of non-ortho nitro benzene ring substituents is 1. The molecule has 0 aliphatic rings. The number of likely N-dealkylation sites (N-methyl/N-ethyl adjacent to an activating group) is 1. The molecule has 0 aromatic heterocycles. The largest absolute Gasteiger partial charge is 0.481 e. The number of rotatable bonds is 4. The number of carbonyl (C=O) groups is 1. The van der Waals surface area contributed by atoms with E-state index in [1.165, 1.54) is 38.2 Å². The standard InChI is InChI=1S/C10H12N2O5/c1-7(10(13)11(2)14)17-9-5-3-8(4-6-9)12(15)16/h3-7,14H,1-2H3.